The first-order chi connectivity index (χ1) is 11.4. The zero-order valence-electron chi connectivity index (χ0n) is 13.8. The molecule has 0 saturated carbocycles. The van der Waals surface area contributed by atoms with Gasteiger partial charge in [-0.05, 0) is 26.8 Å². The summed E-state index contributed by atoms with van der Waals surface area (Å²) in [5, 5.41) is 0. The Morgan fingerprint density at radius 3 is 2.50 bits per heavy atom. The van der Waals surface area contributed by atoms with E-state index >= 15 is 0 Å². The van der Waals surface area contributed by atoms with Gasteiger partial charge in [-0.25, -0.2) is 9.36 Å². The minimum absolute atomic E-state index is 0.0542. The van der Waals surface area contributed by atoms with Crippen molar-refractivity contribution in [3.8, 4) is 0 Å². The van der Waals surface area contributed by atoms with Crippen molar-refractivity contribution in [2.24, 2.45) is 0 Å². The van der Waals surface area contributed by atoms with Gasteiger partial charge in [0.2, 0.25) is 0 Å². The summed E-state index contributed by atoms with van der Waals surface area (Å²) in [4.78, 5) is 25.5. The number of aromatic nitrogens is 2. The smallest absolute Gasteiger partial charge is 0.344 e. The summed E-state index contributed by atoms with van der Waals surface area (Å²) in [5.74, 6) is 0. The summed E-state index contributed by atoms with van der Waals surface area (Å²) in [6.45, 7) is 5.28. The van der Waals surface area contributed by atoms with E-state index in [9.17, 15) is 14.2 Å². The highest BCUT2D eigenvalue weighted by Gasteiger charge is 2.29. The summed E-state index contributed by atoms with van der Waals surface area (Å²) >= 11 is 0. The summed E-state index contributed by atoms with van der Waals surface area (Å²) in [7, 11) is -3.62. The number of hydrogen-bond donors (Lipinski definition) is 1. The van der Waals surface area contributed by atoms with Crippen LogP contribution in [0.25, 0.3) is 0 Å². The van der Waals surface area contributed by atoms with Crippen LogP contribution in [-0.2, 0) is 22.9 Å². The molecule has 1 aliphatic heterocycles. The van der Waals surface area contributed by atoms with Crippen molar-refractivity contribution in [1.29, 1.82) is 0 Å². The fourth-order valence-corrected chi connectivity index (χ4v) is 3.30. The molecule has 9 nitrogen and oxygen atoms in total. The molecular weight excluding hydrogens is 339 g/mol. The molecule has 2 rings (SSSR count). The van der Waals surface area contributed by atoms with Crippen molar-refractivity contribution in [3.63, 3.8) is 0 Å². The highest BCUT2D eigenvalue weighted by Crippen LogP contribution is 2.49. The third-order valence-electron chi connectivity index (χ3n) is 3.20. The molecule has 24 heavy (non-hydrogen) atoms. The lowest BCUT2D eigenvalue weighted by atomic mass is 10.3. The van der Waals surface area contributed by atoms with Crippen molar-refractivity contribution in [2.45, 2.75) is 33.1 Å². The largest absolute Gasteiger partial charge is 0.474 e. The SMILES string of the molecule is CCOP(=O)(OCC)OC[C@@H]1C=C[C@H](n2cc(C)c(=O)[nH]c2=O)O1. The third kappa shape index (κ3) is 4.52. The Bertz CT molecular complexity index is 744. The maximum atomic E-state index is 12.2. The standard InChI is InChI=1S/C14H21N2O7P/c1-4-20-24(19,21-5-2)22-9-11-6-7-12(23-11)16-8-10(3)13(17)15-14(16)18/h6-8,11-12H,4-5,9H2,1-3H3,(H,15,17,18)/t11-,12+/m0/s1. The van der Waals surface area contributed by atoms with Gasteiger partial charge in [-0.2, -0.15) is 0 Å². The number of nitrogens with one attached hydrogen (secondary N) is 1. The molecule has 0 aliphatic carbocycles. The molecule has 10 heteroatoms. The molecule has 1 N–H and O–H groups in total. The van der Waals surface area contributed by atoms with Crippen LogP contribution in [0.1, 0.15) is 25.6 Å². The lowest BCUT2D eigenvalue weighted by molar-refractivity contribution is -0.0143. The van der Waals surface area contributed by atoms with Crippen molar-refractivity contribution in [2.75, 3.05) is 19.8 Å². The molecule has 0 saturated heterocycles. The minimum Gasteiger partial charge on any atom is -0.344 e. The highest BCUT2D eigenvalue weighted by atomic mass is 31.2. The van der Waals surface area contributed by atoms with E-state index in [1.807, 2.05) is 0 Å². The van der Waals surface area contributed by atoms with Crippen LogP contribution in [0.5, 0.6) is 0 Å². The predicted molar refractivity (Wildman–Crippen MR) is 85.9 cm³/mol. The quantitative estimate of drug-likeness (QED) is 0.553. The van der Waals surface area contributed by atoms with Crippen LogP contribution in [0.15, 0.2) is 27.9 Å². The van der Waals surface area contributed by atoms with Gasteiger partial charge in [0.25, 0.3) is 5.56 Å². The predicted octanol–water partition coefficient (Wildman–Crippen LogP) is 1.50. The molecule has 0 aromatic carbocycles. The zero-order chi connectivity index (χ0) is 17.7. The Labute approximate surface area is 138 Å². The maximum Gasteiger partial charge on any atom is 0.474 e. The van der Waals surface area contributed by atoms with Crippen LogP contribution in [0.4, 0.5) is 0 Å². The molecule has 0 radical (unpaired) electrons. The number of hydrogen-bond acceptors (Lipinski definition) is 7. The van der Waals surface area contributed by atoms with Crippen molar-refractivity contribution >= 4 is 7.82 Å². The fourth-order valence-electron chi connectivity index (χ4n) is 2.11. The summed E-state index contributed by atoms with van der Waals surface area (Å²) in [5.41, 5.74) is -0.618. The van der Waals surface area contributed by atoms with Crippen molar-refractivity contribution < 1.29 is 22.9 Å². The molecule has 0 unspecified atom stereocenters. The Morgan fingerprint density at radius 2 is 1.88 bits per heavy atom. The summed E-state index contributed by atoms with van der Waals surface area (Å²) < 4.78 is 34.4. The number of H-pyrrole nitrogens is 1. The van der Waals surface area contributed by atoms with E-state index in [4.69, 9.17) is 18.3 Å². The molecule has 0 fully saturated rings. The molecular formula is C14H21N2O7P. The lowest BCUT2D eigenvalue weighted by Gasteiger charge is -2.19. The van der Waals surface area contributed by atoms with E-state index in [0.717, 1.165) is 0 Å². The van der Waals surface area contributed by atoms with E-state index in [2.05, 4.69) is 4.98 Å². The molecule has 1 aromatic rings. The highest BCUT2D eigenvalue weighted by molar-refractivity contribution is 7.48. The molecule has 0 amide bonds. The molecule has 1 aliphatic rings. The minimum atomic E-state index is -3.62. The first-order valence-corrected chi connectivity index (χ1v) is 9.04. The van der Waals surface area contributed by atoms with Crippen LogP contribution in [-0.4, -0.2) is 35.5 Å². The average molecular weight is 360 g/mol. The van der Waals surface area contributed by atoms with Crippen LogP contribution in [0.3, 0.4) is 0 Å². The van der Waals surface area contributed by atoms with Gasteiger partial charge in [0.1, 0.15) is 6.10 Å². The van der Waals surface area contributed by atoms with Gasteiger partial charge < -0.3 is 4.74 Å². The second-order valence-electron chi connectivity index (χ2n) is 5.01. The number of nitrogens with zero attached hydrogens (tertiary/aromatic N) is 1. The first-order valence-electron chi connectivity index (χ1n) is 7.58. The van der Waals surface area contributed by atoms with E-state index in [-0.39, 0.29) is 19.8 Å². The number of phosphoric acid groups is 1. The number of rotatable bonds is 8. The Kier molecular flexibility index (Phi) is 6.31. The molecule has 134 valence electrons. The average Bonchev–Trinajstić information content (AvgIpc) is 2.98. The van der Waals surface area contributed by atoms with Gasteiger partial charge in [0.05, 0.1) is 19.8 Å². The van der Waals surface area contributed by atoms with Gasteiger partial charge in [0, 0.05) is 11.8 Å². The van der Waals surface area contributed by atoms with E-state index in [1.54, 1.807) is 32.9 Å². The molecule has 0 spiro atoms. The van der Waals surface area contributed by atoms with Gasteiger partial charge in [-0.15, -0.1) is 0 Å². The van der Waals surface area contributed by atoms with Crippen molar-refractivity contribution in [3.05, 3.63) is 44.8 Å². The van der Waals surface area contributed by atoms with Gasteiger partial charge in [0.15, 0.2) is 6.23 Å². The van der Waals surface area contributed by atoms with Crippen molar-refractivity contribution in [1.82, 2.24) is 9.55 Å². The second-order valence-corrected chi connectivity index (χ2v) is 6.68. The number of aromatic amines is 1. The zero-order valence-corrected chi connectivity index (χ0v) is 14.7. The van der Waals surface area contributed by atoms with Gasteiger partial charge in [-0.1, -0.05) is 6.08 Å². The van der Waals surface area contributed by atoms with Gasteiger partial charge in [-0.3, -0.25) is 27.9 Å². The number of phosphoric ester groups is 1. The molecule has 2 heterocycles. The second kappa shape index (κ2) is 8.04. The monoisotopic (exact) mass is 360 g/mol. The van der Waals surface area contributed by atoms with Crippen LogP contribution >= 0.6 is 7.82 Å². The number of aryl methyl sites for hydroxylation is 1. The van der Waals surface area contributed by atoms with E-state index in [0.29, 0.717) is 5.56 Å². The van der Waals surface area contributed by atoms with Crippen LogP contribution in [0, 0.1) is 6.92 Å². The molecule has 1 aromatic heterocycles. The Balaban J connectivity index is 2.00. The summed E-state index contributed by atoms with van der Waals surface area (Å²) in [6, 6.07) is 0. The van der Waals surface area contributed by atoms with Crippen LogP contribution < -0.4 is 11.2 Å². The van der Waals surface area contributed by atoms with Crippen LogP contribution in [0.2, 0.25) is 0 Å². The lowest BCUT2D eigenvalue weighted by Crippen LogP contribution is -2.33. The number of ether oxygens (including phenoxy) is 1. The maximum absolute atomic E-state index is 12.2. The first kappa shape index (κ1) is 18.8. The van der Waals surface area contributed by atoms with Gasteiger partial charge >= 0.3 is 13.5 Å². The molecule has 2 atom stereocenters. The third-order valence-corrected chi connectivity index (χ3v) is 4.81. The van der Waals surface area contributed by atoms with E-state index in [1.165, 1.54) is 10.8 Å². The normalized spacial score (nSPS) is 20.6. The summed E-state index contributed by atoms with van der Waals surface area (Å²) in [6.07, 6.45) is 3.55. The Morgan fingerprint density at radius 1 is 1.21 bits per heavy atom. The topological polar surface area (TPSA) is 109 Å². The molecule has 0 bridgehead atoms. The Hall–Kier alpha value is -1.51. The fraction of sp³-hybridized carbons (Fsp3) is 0.571. The van der Waals surface area contributed by atoms with E-state index < -0.39 is 31.4 Å².